The molecule has 4 aliphatic rings. The van der Waals surface area contributed by atoms with Crippen molar-refractivity contribution in [2.45, 2.75) is 25.4 Å². The maximum Gasteiger partial charge on any atom is 0.162 e. The summed E-state index contributed by atoms with van der Waals surface area (Å²) in [5.41, 5.74) is 0.970. The van der Waals surface area contributed by atoms with Crippen molar-refractivity contribution in [3.63, 3.8) is 0 Å². The van der Waals surface area contributed by atoms with E-state index in [2.05, 4.69) is 15.9 Å². The first-order valence-electron chi connectivity index (χ1n) is 8.01. The predicted octanol–water partition coefficient (Wildman–Crippen LogP) is 3.55. The van der Waals surface area contributed by atoms with Crippen LogP contribution in [0.5, 0.6) is 11.5 Å². The van der Waals surface area contributed by atoms with E-state index in [4.69, 9.17) is 9.47 Å². The largest absolute Gasteiger partial charge is 0.486 e. The van der Waals surface area contributed by atoms with Gasteiger partial charge in [0.15, 0.2) is 11.5 Å². The number of hydrogen-bond donors (Lipinski definition) is 1. The van der Waals surface area contributed by atoms with Crippen LogP contribution in [0.1, 0.15) is 30.9 Å². The van der Waals surface area contributed by atoms with Crippen molar-refractivity contribution in [3.8, 4) is 11.5 Å². The minimum atomic E-state index is -0.367. The molecule has 5 rings (SSSR count). The Morgan fingerprint density at radius 3 is 2.33 bits per heavy atom. The number of halogens is 1. The Morgan fingerprint density at radius 1 is 1.05 bits per heavy atom. The van der Waals surface area contributed by atoms with Crippen molar-refractivity contribution < 1.29 is 14.6 Å². The van der Waals surface area contributed by atoms with Gasteiger partial charge in [-0.15, -0.1) is 0 Å². The number of aliphatic hydroxyl groups excluding tert-OH is 1. The normalized spacial score (nSPS) is 40.0. The molecule has 1 aliphatic heterocycles. The molecule has 1 aromatic rings. The van der Waals surface area contributed by atoms with Crippen LogP contribution in [-0.4, -0.2) is 18.3 Å². The zero-order valence-corrected chi connectivity index (χ0v) is 13.4. The van der Waals surface area contributed by atoms with Gasteiger partial charge in [0, 0.05) is 4.47 Å². The monoisotopic (exact) mass is 350 g/mol. The summed E-state index contributed by atoms with van der Waals surface area (Å²) in [4.78, 5) is 0. The van der Waals surface area contributed by atoms with Gasteiger partial charge in [0.25, 0.3) is 0 Å². The molecule has 0 saturated heterocycles. The highest BCUT2D eigenvalue weighted by Crippen LogP contribution is 2.72. The van der Waals surface area contributed by atoms with Gasteiger partial charge in [-0.3, -0.25) is 0 Å². The number of rotatable bonds is 2. The van der Waals surface area contributed by atoms with Gasteiger partial charge in [0.05, 0.1) is 6.10 Å². The fourth-order valence-electron chi connectivity index (χ4n) is 5.33. The molecular weight excluding hydrogens is 332 g/mol. The molecule has 0 aromatic heterocycles. The lowest BCUT2D eigenvalue weighted by atomic mass is 9.95. The van der Waals surface area contributed by atoms with Crippen molar-refractivity contribution in [2.24, 2.45) is 29.6 Å². The van der Waals surface area contributed by atoms with E-state index >= 15 is 0 Å². The molecular formula is C17H19BrO3. The Bertz CT molecular complexity index is 586. The number of hydrogen-bond acceptors (Lipinski definition) is 3. The lowest BCUT2D eigenvalue weighted by molar-refractivity contribution is 0.127. The van der Waals surface area contributed by atoms with Gasteiger partial charge in [-0.1, -0.05) is 15.9 Å². The molecule has 2 bridgehead atoms. The van der Waals surface area contributed by atoms with Crippen molar-refractivity contribution in [1.82, 2.24) is 0 Å². The fraction of sp³-hybridized carbons (Fsp3) is 0.647. The zero-order chi connectivity index (χ0) is 14.1. The lowest BCUT2D eigenvalue weighted by Gasteiger charge is -2.22. The van der Waals surface area contributed by atoms with Crippen LogP contribution in [0.2, 0.25) is 0 Å². The molecule has 5 atom stereocenters. The molecule has 3 saturated carbocycles. The molecule has 0 amide bonds. The standard InChI is InChI=1S/C17H19BrO3/c18-11-7-13-12(20-3-4-21-13)6-10(11)17(19)16-14-8-1-2-9(5-8)15(14)16/h6-9,14-17,19H,1-5H2. The number of ether oxygens (including phenoxy) is 2. The van der Waals surface area contributed by atoms with Gasteiger partial charge in [-0.25, -0.2) is 0 Å². The van der Waals surface area contributed by atoms with Gasteiger partial charge < -0.3 is 14.6 Å². The van der Waals surface area contributed by atoms with E-state index in [1.54, 1.807) is 0 Å². The molecule has 3 fully saturated rings. The van der Waals surface area contributed by atoms with Gasteiger partial charge in [-0.2, -0.15) is 0 Å². The summed E-state index contributed by atoms with van der Waals surface area (Å²) in [7, 11) is 0. The van der Waals surface area contributed by atoms with E-state index < -0.39 is 0 Å². The summed E-state index contributed by atoms with van der Waals surface area (Å²) >= 11 is 3.60. The van der Waals surface area contributed by atoms with Gasteiger partial charge in [0.1, 0.15) is 13.2 Å². The summed E-state index contributed by atoms with van der Waals surface area (Å²) in [5, 5.41) is 10.9. The van der Waals surface area contributed by atoms with E-state index in [-0.39, 0.29) is 6.10 Å². The Morgan fingerprint density at radius 2 is 1.67 bits per heavy atom. The third kappa shape index (κ3) is 1.75. The van der Waals surface area contributed by atoms with E-state index in [0.29, 0.717) is 19.1 Å². The highest BCUT2D eigenvalue weighted by atomic mass is 79.9. The summed E-state index contributed by atoms with van der Waals surface area (Å²) < 4.78 is 12.2. The molecule has 1 heterocycles. The van der Waals surface area contributed by atoms with Crippen molar-refractivity contribution >= 4 is 15.9 Å². The smallest absolute Gasteiger partial charge is 0.162 e. The van der Waals surface area contributed by atoms with E-state index in [1.165, 1.54) is 19.3 Å². The van der Waals surface area contributed by atoms with Crippen LogP contribution in [0.3, 0.4) is 0 Å². The second kappa shape index (κ2) is 4.39. The Balaban J connectivity index is 1.45. The molecule has 3 aliphatic carbocycles. The predicted molar refractivity (Wildman–Crippen MR) is 81.4 cm³/mol. The Labute approximate surface area is 132 Å². The SMILES string of the molecule is OC(c1cc2c(cc1Br)OCCO2)C1C2C3CCC(C3)C21. The highest BCUT2D eigenvalue weighted by Gasteiger charge is 2.66. The second-order valence-electron chi connectivity index (χ2n) is 7.03. The van der Waals surface area contributed by atoms with E-state index in [1.807, 2.05) is 12.1 Å². The minimum absolute atomic E-state index is 0.367. The molecule has 5 unspecified atom stereocenters. The Hall–Kier alpha value is -0.740. The van der Waals surface area contributed by atoms with Crippen LogP contribution in [0.15, 0.2) is 16.6 Å². The highest BCUT2D eigenvalue weighted by molar-refractivity contribution is 9.10. The van der Waals surface area contributed by atoms with Gasteiger partial charge in [0.2, 0.25) is 0 Å². The third-order valence-electron chi connectivity index (χ3n) is 6.14. The van der Waals surface area contributed by atoms with E-state index in [9.17, 15) is 5.11 Å². The molecule has 1 N–H and O–H groups in total. The van der Waals surface area contributed by atoms with Crippen LogP contribution in [0.25, 0.3) is 0 Å². The van der Waals surface area contributed by atoms with Crippen molar-refractivity contribution in [1.29, 1.82) is 0 Å². The maximum absolute atomic E-state index is 10.9. The lowest BCUT2D eigenvalue weighted by Crippen LogP contribution is -2.16. The number of fused-ring (bicyclic) bond motifs is 6. The number of aliphatic hydroxyl groups is 1. The van der Waals surface area contributed by atoms with Crippen LogP contribution in [0, 0.1) is 29.6 Å². The summed E-state index contributed by atoms with van der Waals surface area (Å²) in [6, 6.07) is 3.92. The van der Waals surface area contributed by atoms with Crippen molar-refractivity contribution in [2.75, 3.05) is 13.2 Å². The molecule has 4 heteroatoms. The second-order valence-corrected chi connectivity index (χ2v) is 7.88. The summed E-state index contributed by atoms with van der Waals surface area (Å²) in [5.74, 6) is 5.34. The van der Waals surface area contributed by atoms with E-state index in [0.717, 1.165) is 45.2 Å². The summed E-state index contributed by atoms with van der Waals surface area (Å²) in [6.45, 7) is 1.18. The van der Waals surface area contributed by atoms with Crippen molar-refractivity contribution in [3.05, 3.63) is 22.2 Å². The topological polar surface area (TPSA) is 38.7 Å². The van der Waals surface area contributed by atoms with Crippen LogP contribution < -0.4 is 9.47 Å². The van der Waals surface area contributed by atoms with Crippen LogP contribution >= 0.6 is 15.9 Å². The average molecular weight is 351 g/mol. The number of benzene rings is 1. The third-order valence-corrected chi connectivity index (χ3v) is 6.83. The molecule has 112 valence electrons. The first-order chi connectivity index (χ1) is 10.2. The quantitative estimate of drug-likeness (QED) is 0.886. The van der Waals surface area contributed by atoms with Crippen LogP contribution in [-0.2, 0) is 0 Å². The molecule has 3 nitrogen and oxygen atoms in total. The molecule has 1 aromatic carbocycles. The first-order valence-corrected chi connectivity index (χ1v) is 8.80. The molecule has 21 heavy (non-hydrogen) atoms. The first kappa shape index (κ1) is 12.8. The molecule has 0 spiro atoms. The summed E-state index contributed by atoms with van der Waals surface area (Å²) in [6.07, 6.45) is 3.82. The average Bonchev–Trinajstić information content (AvgIpc) is 2.93. The van der Waals surface area contributed by atoms with Crippen LogP contribution in [0.4, 0.5) is 0 Å². The molecule has 0 radical (unpaired) electrons. The Kier molecular flexibility index (Phi) is 2.67. The zero-order valence-electron chi connectivity index (χ0n) is 11.8. The minimum Gasteiger partial charge on any atom is -0.486 e. The van der Waals surface area contributed by atoms with Gasteiger partial charge >= 0.3 is 0 Å². The van der Waals surface area contributed by atoms with Gasteiger partial charge in [-0.05, 0) is 66.5 Å². The fourth-order valence-corrected chi connectivity index (χ4v) is 5.89. The maximum atomic E-state index is 10.9.